The van der Waals surface area contributed by atoms with Gasteiger partial charge in [-0.2, -0.15) is 0 Å². The van der Waals surface area contributed by atoms with Gasteiger partial charge in [-0.15, -0.1) is 0 Å². The largest absolute Gasteiger partial charge is 0.497 e. The van der Waals surface area contributed by atoms with Crippen molar-refractivity contribution < 1.29 is 14.6 Å². The summed E-state index contributed by atoms with van der Waals surface area (Å²) in [5.74, 6) is -0.147. The highest BCUT2D eigenvalue weighted by molar-refractivity contribution is 5.85. The minimum Gasteiger partial charge on any atom is -0.497 e. The van der Waals surface area contributed by atoms with Crippen molar-refractivity contribution >= 4 is 12.0 Å². The molecule has 19 heavy (non-hydrogen) atoms. The number of hydrogen-bond acceptors (Lipinski definition) is 3. The summed E-state index contributed by atoms with van der Waals surface area (Å²) in [6, 6.07) is 5.69. The summed E-state index contributed by atoms with van der Waals surface area (Å²) in [5.41, 5.74) is 7.50. The molecular weight excluding hydrogens is 242 g/mol. The molecule has 4 nitrogen and oxygen atoms in total. The number of carboxylic acid groups (broad SMARTS) is 1. The standard InChI is InChI=1S/C15H21NO3/c1-19-14-8-6-12(7-9-15(17)18)13(11-14)5-3-2-4-10-16/h6-9,11H,2-5,10,16H2,1H3,(H,17,18). The second-order valence-corrected chi connectivity index (χ2v) is 4.34. The van der Waals surface area contributed by atoms with E-state index in [1.165, 1.54) is 0 Å². The van der Waals surface area contributed by atoms with Crippen molar-refractivity contribution in [1.82, 2.24) is 0 Å². The van der Waals surface area contributed by atoms with Gasteiger partial charge >= 0.3 is 5.97 Å². The van der Waals surface area contributed by atoms with Crippen molar-refractivity contribution in [1.29, 1.82) is 0 Å². The van der Waals surface area contributed by atoms with Gasteiger partial charge in [0, 0.05) is 6.08 Å². The van der Waals surface area contributed by atoms with E-state index in [1.54, 1.807) is 13.2 Å². The number of aryl methyl sites for hydroxylation is 1. The quantitative estimate of drug-likeness (QED) is 0.558. The van der Waals surface area contributed by atoms with Crippen molar-refractivity contribution in [3.8, 4) is 5.75 Å². The van der Waals surface area contributed by atoms with E-state index in [9.17, 15) is 4.79 Å². The van der Waals surface area contributed by atoms with Gasteiger partial charge in [0.1, 0.15) is 5.75 Å². The van der Waals surface area contributed by atoms with Gasteiger partial charge in [-0.25, -0.2) is 4.79 Å². The van der Waals surface area contributed by atoms with Crippen LogP contribution in [0.2, 0.25) is 0 Å². The second-order valence-electron chi connectivity index (χ2n) is 4.34. The zero-order valence-corrected chi connectivity index (χ0v) is 11.3. The molecule has 1 aromatic carbocycles. The van der Waals surface area contributed by atoms with Crippen molar-refractivity contribution in [2.24, 2.45) is 5.73 Å². The van der Waals surface area contributed by atoms with Gasteiger partial charge in [-0.1, -0.05) is 12.5 Å². The normalized spacial score (nSPS) is 10.8. The molecule has 0 fully saturated rings. The fourth-order valence-corrected chi connectivity index (χ4v) is 1.89. The Bertz CT molecular complexity index is 441. The molecule has 0 aliphatic heterocycles. The molecule has 0 atom stereocenters. The molecule has 0 saturated carbocycles. The Kier molecular flexibility index (Phi) is 6.68. The Labute approximate surface area is 113 Å². The lowest BCUT2D eigenvalue weighted by atomic mass is 10.0. The van der Waals surface area contributed by atoms with Gasteiger partial charge in [0.05, 0.1) is 7.11 Å². The molecule has 4 heteroatoms. The molecule has 3 N–H and O–H groups in total. The van der Waals surface area contributed by atoms with Crippen LogP contribution in [0.4, 0.5) is 0 Å². The zero-order valence-electron chi connectivity index (χ0n) is 11.3. The summed E-state index contributed by atoms with van der Waals surface area (Å²) in [6.07, 6.45) is 6.82. The topological polar surface area (TPSA) is 72.5 Å². The monoisotopic (exact) mass is 263 g/mol. The summed E-state index contributed by atoms with van der Waals surface area (Å²) in [7, 11) is 1.63. The van der Waals surface area contributed by atoms with Crippen LogP contribution in [0.15, 0.2) is 24.3 Å². The second kappa shape index (κ2) is 8.32. The molecule has 0 bridgehead atoms. The molecule has 0 spiro atoms. The first-order valence-corrected chi connectivity index (χ1v) is 6.45. The van der Waals surface area contributed by atoms with Gasteiger partial charge in [-0.05, 0) is 55.1 Å². The summed E-state index contributed by atoms with van der Waals surface area (Å²) in [4.78, 5) is 10.6. The molecule has 0 aliphatic carbocycles. The minimum absolute atomic E-state index is 0.712. The molecule has 0 aromatic heterocycles. The Morgan fingerprint density at radius 3 is 2.79 bits per heavy atom. The van der Waals surface area contributed by atoms with Gasteiger partial charge in [0.15, 0.2) is 0 Å². The number of methoxy groups -OCH3 is 1. The molecule has 104 valence electrons. The number of nitrogens with two attached hydrogens (primary N) is 1. The highest BCUT2D eigenvalue weighted by Gasteiger charge is 2.03. The van der Waals surface area contributed by atoms with E-state index in [1.807, 2.05) is 18.2 Å². The van der Waals surface area contributed by atoms with E-state index < -0.39 is 5.97 Å². The minimum atomic E-state index is -0.940. The lowest BCUT2D eigenvalue weighted by Gasteiger charge is -2.08. The number of unbranched alkanes of at least 4 members (excludes halogenated alkanes) is 2. The maximum absolute atomic E-state index is 10.6. The van der Waals surface area contributed by atoms with E-state index >= 15 is 0 Å². The van der Waals surface area contributed by atoms with E-state index in [-0.39, 0.29) is 0 Å². The van der Waals surface area contributed by atoms with Crippen LogP contribution in [0.5, 0.6) is 5.75 Å². The number of ether oxygens (including phenoxy) is 1. The molecule has 0 amide bonds. The van der Waals surface area contributed by atoms with Gasteiger partial charge in [0.2, 0.25) is 0 Å². The lowest BCUT2D eigenvalue weighted by Crippen LogP contribution is -1.99. The predicted octanol–water partition coefficient (Wildman–Crippen LogP) is 2.46. The van der Waals surface area contributed by atoms with Crippen molar-refractivity contribution in [3.05, 3.63) is 35.4 Å². The van der Waals surface area contributed by atoms with Crippen LogP contribution >= 0.6 is 0 Å². The molecule has 0 saturated heterocycles. The SMILES string of the molecule is COc1ccc(C=CC(=O)O)c(CCCCCN)c1. The zero-order chi connectivity index (χ0) is 14.1. The fourth-order valence-electron chi connectivity index (χ4n) is 1.89. The van der Waals surface area contributed by atoms with Crippen LogP contribution < -0.4 is 10.5 Å². The Hall–Kier alpha value is -1.81. The summed E-state index contributed by atoms with van der Waals surface area (Å²) in [5, 5.41) is 8.69. The Balaban J connectivity index is 2.80. The first-order valence-electron chi connectivity index (χ1n) is 6.45. The third kappa shape index (κ3) is 5.57. The van der Waals surface area contributed by atoms with Crippen LogP contribution in [0.3, 0.4) is 0 Å². The number of hydrogen-bond donors (Lipinski definition) is 2. The average molecular weight is 263 g/mol. The van der Waals surface area contributed by atoms with Crippen LogP contribution in [0.1, 0.15) is 30.4 Å². The van der Waals surface area contributed by atoms with E-state index in [0.717, 1.165) is 48.6 Å². The Morgan fingerprint density at radius 2 is 2.16 bits per heavy atom. The van der Waals surface area contributed by atoms with Crippen molar-refractivity contribution in [2.75, 3.05) is 13.7 Å². The van der Waals surface area contributed by atoms with Gasteiger partial charge in [-0.3, -0.25) is 0 Å². The Morgan fingerprint density at radius 1 is 1.37 bits per heavy atom. The van der Waals surface area contributed by atoms with E-state index in [2.05, 4.69) is 0 Å². The average Bonchev–Trinajstić information content (AvgIpc) is 2.41. The highest BCUT2D eigenvalue weighted by Crippen LogP contribution is 2.21. The van der Waals surface area contributed by atoms with Crippen molar-refractivity contribution in [2.45, 2.75) is 25.7 Å². The molecule has 1 aromatic rings. The third-order valence-electron chi connectivity index (χ3n) is 2.91. The smallest absolute Gasteiger partial charge is 0.328 e. The van der Waals surface area contributed by atoms with E-state index in [4.69, 9.17) is 15.6 Å². The highest BCUT2D eigenvalue weighted by atomic mass is 16.5. The van der Waals surface area contributed by atoms with Crippen LogP contribution in [-0.2, 0) is 11.2 Å². The number of carbonyl (C=O) groups is 1. The summed E-state index contributed by atoms with van der Waals surface area (Å²) in [6.45, 7) is 0.712. The molecule has 0 heterocycles. The van der Waals surface area contributed by atoms with Gasteiger partial charge in [0.25, 0.3) is 0 Å². The third-order valence-corrected chi connectivity index (χ3v) is 2.91. The molecule has 1 rings (SSSR count). The fraction of sp³-hybridized carbons (Fsp3) is 0.400. The lowest BCUT2D eigenvalue weighted by molar-refractivity contribution is -0.131. The first-order chi connectivity index (χ1) is 9.17. The molecule has 0 radical (unpaired) electrons. The van der Waals surface area contributed by atoms with Crippen LogP contribution in [0, 0.1) is 0 Å². The first kappa shape index (κ1) is 15.2. The number of carboxylic acids is 1. The summed E-state index contributed by atoms with van der Waals surface area (Å²) >= 11 is 0. The predicted molar refractivity (Wildman–Crippen MR) is 76.3 cm³/mol. The van der Waals surface area contributed by atoms with Gasteiger partial charge < -0.3 is 15.6 Å². The molecular formula is C15H21NO3. The molecule has 0 unspecified atom stereocenters. The molecule has 0 aliphatic rings. The number of benzene rings is 1. The number of rotatable bonds is 8. The van der Waals surface area contributed by atoms with E-state index in [0.29, 0.717) is 6.54 Å². The maximum Gasteiger partial charge on any atom is 0.328 e. The van der Waals surface area contributed by atoms with Crippen molar-refractivity contribution in [3.63, 3.8) is 0 Å². The van der Waals surface area contributed by atoms with Crippen LogP contribution in [-0.4, -0.2) is 24.7 Å². The number of aliphatic carboxylic acids is 1. The van der Waals surface area contributed by atoms with Crippen LogP contribution in [0.25, 0.3) is 6.08 Å². The maximum atomic E-state index is 10.6. The summed E-state index contributed by atoms with van der Waals surface area (Å²) < 4.78 is 5.20.